The Balaban J connectivity index is 0.00000210. The van der Waals surface area contributed by atoms with Crippen LogP contribution in [-0.2, 0) is 12.8 Å². The summed E-state index contributed by atoms with van der Waals surface area (Å²) in [6.45, 7) is 4.71. The van der Waals surface area contributed by atoms with Crippen LogP contribution < -0.4 is 28.9 Å². The summed E-state index contributed by atoms with van der Waals surface area (Å²) in [6, 6.07) is 19.5. The number of hydrogen-bond donors (Lipinski definition) is 0. The zero-order valence-electron chi connectivity index (χ0n) is 17.0. The van der Waals surface area contributed by atoms with Crippen molar-refractivity contribution in [3.8, 4) is 0 Å². The van der Waals surface area contributed by atoms with E-state index in [0.29, 0.717) is 6.04 Å². The smallest absolute Gasteiger partial charge is 0.106 e. The van der Waals surface area contributed by atoms with Gasteiger partial charge in [0.05, 0.1) is 27.2 Å². The highest BCUT2D eigenvalue weighted by Crippen LogP contribution is 2.32. The minimum Gasteiger partial charge on any atom is -1.00 e. The van der Waals surface area contributed by atoms with Gasteiger partial charge in [0.25, 0.3) is 0 Å². The van der Waals surface area contributed by atoms with Gasteiger partial charge in [-0.3, -0.25) is 0 Å². The number of hydrogen-bond acceptors (Lipinski definition) is 1. The van der Waals surface area contributed by atoms with Crippen molar-refractivity contribution in [3.63, 3.8) is 0 Å². The van der Waals surface area contributed by atoms with Gasteiger partial charge in [0, 0.05) is 18.2 Å². The van der Waals surface area contributed by atoms with Crippen LogP contribution in [0.4, 0.5) is 5.69 Å². The molecule has 0 bridgehead atoms. The summed E-state index contributed by atoms with van der Waals surface area (Å²) in [5, 5.41) is 0. The first-order valence-corrected chi connectivity index (χ1v) is 10.3. The van der Waals surface area contributed by atoms with E-state index < -0.39 is 0 Å². The molecular formula is C24H33IN2. The van der Waals surface area contributed by atoms with Crippen LogP contribution >= 0.6 is 0 Å². The third-order valence-corrected chi connectivity index (χ3v) is 6.72. The largest absolute Gasteiger partial charge is 1.00 e. The van der Waals surface area contributed by atoms with Gasteiger partial charge in [0.15, 0.2) is 0 Å². The van der Waals surface area contributed by atoms with Gasteiger partial charge < -0.3 is 33.4 Å². The topological polar surface area (TPSA) is 3.24 Å². The first-order chi connectivity index (χ1) is 12.5. The second kappa shape index (κ2) is 8.52. The van der Waals surface area contributed by atoms with Crippen LogP contribution in [0.3, 0.4) is 0 Å². The van der Waals surface area contributed by atoms with E-state index >= 15 is 0 Å². The molecular weight excluding hydrogens is 443 g/mol. The maximum atomic E-state index is 2.74. The van der Waals surface area contributed by atoms with Gasteiger partial charge in [-0.25, -0.2) is 0 Å². The number of likely N-dealkylation sites (N-methyl/N-ethyl adjacent to an activating group) is 1. The first kappa shape index (κ1) is 20.7. The van der Waals surface area contributed by atoms with Crippen LogP contribution in [0, 0.1) is 6.92 Å². The normalized spacial score (nSPS) is 21.4. The zero-order chi connectivity index (χ0) is 18.1. The molecule has 1 saturated heterocycles. The van der Waals surface area contributed by atoms with Crippen LogP contribution in [0.1, 0.15) is 36.0 Å². The maximum Gasteiger partial charge on any atom is 0.106 e. The molecule has 1 aliphatic heterocycles. The lowest BCUT2D eigenvalue weighted by Gasteiger charge is -2.45. The highest BCUT2D eigenvalue weighted by molar-refractivity contribution is 5.51. The van der Waals surface area contributed by atoms with Gasteiger partial charge in [-0.1, -0.05) is 36.4 Å². The molecule has 0 saturated carbocycles. The van der Waals surface area contributed by atoms with Crippen molar-refractivity contribution in [1.82, 2.24) is 0 Å². The molecule has 1 atom stereocenters. The standard InChI is InChI=1S/C24H33N2.HI/c1-19-9-8-12-22(15-19)25(18-24-13-6-7-14-26(24,2)3)23-16-20-10-4-5-11-21(20)17-23;/h4-5,8-12,15,23-24H,6-7,13-14,16-18H2,1-3H3;1H/q+1;/p-1. The maximum absolute atomic E-state index is 2.74. The van der Waals surface area contributed by atoms with Crippen LogP contribution in [-0.4, -0.2) is 43.8 Å². The van der Waals surface area contributed by atoms with Gasteiger partial charge in [-0.2, -0.15) is 0 Å². The molecule has 1 fully saturated rings. The van der Waals surface area contributed by atoms with E-state index in [9.17, 15) is 0 Å². The number of fused-ring (bicyclic) bond motifs is 1. The van der Waals surface area contributed by atoms with Gasteiger partial charge >= 0.3 is 0 Å². The van der Waals surface area contributed by atoms with Crippen molar-refractivity contribution in [2.75, 3.05) is 32.1 Å². The van der Waals surface area contributed by atoms with Crippen molar-refractivity contribution in [3.05, 3.63) is 65.2 Å². The first-order valence-electron chi connectivity index (χ1n) is 10.3. The molecule has 146 valence electrons. The Morgan fingerprint density at radius 3 is 2.30 bits per heavy atom. The van der Waals surface area contributed by atoms with Crippen LogP contribution in [0.5, 0.6) is 0 Å². The van der Waals surface area contributed by atoms with E-state index in [1.165, 1.54) is 60.9 Å². The number of benzene rings is 2. The fourth-order valence-corrected chi connectivity index (χ4v) is 5.00. The van der Waals surface area contributed by atoms with Crippen LogP contribution in [0.2, 0.25) is 0 Å². The summed E-state index contributed by atoms with van der Waals surface area (Å²) < 4.78 is 1.17. The number of likely N-dealkylation sites (tertiary alicyclic amines) is 1. The van der Waals surface area contributed by atoms with Crippen molar-refractivity contribution >= 4 is 5.69 Å². The molecule has 2 aromatic carbocycles. The number of anilines is 1. The number of aryl methyl sites for hydroxylation is 1. The summed E-state index contributed by atoms with van der Waals surface area (Å²) in [6.07, 6.45) is 6.49. The van der Waals surface area contributed by atoms with E-state index in [1.807, 2.05) is 0 Å². The van der Waals surface area contributed by atoms with E-state index in [2.05, 4.69) is 74.4 Å². The predicted molar refractivity (Wildman–Crippen MR) is 111 cm³/mol. The SMILES string of the molecule is Cc1cccc(N(CC2CCCC[N+]2(C)C)C2Cc3ccccc3C2)c1.[I-]. The number of nitrogens with zero attached hydrogens (tertiary/aromatic N) is 2. The molecule has 3 heteroatoms. The third kappa shape index (κ3) is 4.51. The number of quaternary nitrogens is 1. The lowest BCUT2D eigenvalue weighted by molar-refractivity contribution is -0.918. The molecule has 1 heterocycles. The van der Waals surface area contributed by atoms with Crippen molar-refractivity contribution in [2.45, 2.75) is 51.1 Å². The van der Waals surface area contributed by atoms with Gasteiger partial charge in [0.1, 0.15) is 6.04 Å². The van der Waals surface area contributed by atoms with Crippen molar-refractivity contribution < 1.29 is 28.5 Å². The predicted octanol–water partition coefficient (Wildman–Crippen LogP) is 1.60. The number of halogens is 1. The quantitative estimate of drug-likeness (QED) is 0.479. The van der Waals surface area contributed by atoms with Crippen LogP contribution in [0.15, 0.2) is 48.5 Å². The minimum absolute atomic E-state index is 0. The third-order valence-electron chi connectivity index (χ3n) is 6.72. The molecule has 0 spiro atoms. The monoisotopic (exact) mass is 476 g/mol. The fraction of sp³-hybridized carbons (Fsp3) is 0.500. The van der Waals surface area contributed by atoms with E-state index in [0.717, 1.165) is 6.04 Å². The van der Waals surface area contributed by atoms with E-state index in [4.69, 9.17) is 0 Å². The number of rotatable bonds is 4. The Hall–Kier alpha value is -1.07. The number of piperidine rings is 1. The average Bonchev–Trinajstić information content (AvgIpc) is 3.04. The van der Waals surface area contributed by atoms with Crippen molar-refractivity contribution in [2.24, 2.45) is 0 Å². The minimum atomic E-state index is 0. The molecule has 0 aromatic heterocycles. The molecule has 2 aliphatic rings. The van der Waals surface area contributed by atoms with Crippen molar-refractivity contribution in [1.29, 1.82) is 0 Å². The summed E-state index contributed by atoms with van der Waals surface area (Å²) in [4.78, 5) is 2.74. The molecule has 2 nitrogen and oxygen atoms in total. The molecule has 27 heavy (non-hydrogen) atoms. The molecule has 2 aromatic rings. The van der Waals surface area contributed by atoms with E-state index in [-0.39, 0.29) is 24.0 Å². The Bertz CT molecular complexity index is 745. The zero-order valence-corrected chi connectivity index (χ0v) is 19.2. The molecule has 0 N–H and O–H groups in total. The Morgan fingerprint density at radius 1 is 0.963 bits per heavy atom. The summed E-state index contributed by atoms with van der Waals surface area (Å²) in [5.74, 6) is 0. The molecule has 1 unspecified atom stereocenters. The van der Waals surface area contributed by atoms with E-state index in [1.54, 1.807) is 11.1 Å². The Labute approximate surface area is 182 Å². The molecule has 0 amide bonds. The Morgan fingerprint density at radius 2 is 1.67 bits per heavy atom. The molecule has 1 aliphatic carbocycles. The highest BCUT2D eigenvalue weighted by atomic mass is 127. The molecule has 4 rings (SSSR count). The average molecular weight is 476 g/mol. The summed E-state index contributed by atoms with van der Waals surface area (Å²) in [7, 11) is 4.86. The van der Waals surface area contributed by atoms with Gasteiger partial charge in [-0.15, -0.1) is 0 Å². The lowest BCUT2D eigenvalue weighted by Crippen LogP contribution is -3.00. The highest BCUT2D eigenvalue weighted by Gasteiger charge is 2.36. The second-order valence-electron chi connectivity index (χ2n) is 8.97. The van der Waals surface area contributed by atoms with Gasteiger partial charge in [0.2, 0.25) is 0 Å². The van der Waals surface area contributed by atoms with Gasteiger partial charge in [-0.05, 0) is 61.4 Å². The fourth-order valence-electron chi connectivity index (χ4n) is 5.00. The summed E-state index contributed by atoms with van der Waals surface area (Å²) in [5.41, 5.74) is 5.87. The second-order valence-corrected chi connectivity index (χ2v) is 8.97. The lowest BCUT2D eigenvalue weighted by atomic mass is 9.98. The summed E-state index contributed by atoms with van der Waals surface area (Å²) >= 11 is 0. The van der Waals surface area contributed by atoms with Crippen LogP contribution in [0.25, 0.3) is 0 Å². The molecule has 0 radical (unpaired) electrons. The Kier molecular flexibility index (Phi) is 6.52.